The molecule has 0 radical (unpaired) electrons. The predicted molar refractivity (Wildman–Crippen MR) is 84.3 cm³/mol. The highest BCUT2D eigenvalue weighted by atomic mass is 16.5. The lowest BCUT2D eigenvalue weighted by Gasteiger charge is -2.15. The summed E-state index contributed by atoms with van der Waals surface area (Å²) < 4.78 is 5.05. The lowest BCUT2D eigenvalue weighted by atomic mass is 10.0. The second kappa shape index (κ2) is 9.21. The Morgan fingerprint density at radius 1 is 1.33 bits per heavy atom. The van der Waals surface area contributed by atoms with Gasteiger partial charge in [-0.15, -0.1) is 0 Å². The Balaban J connectivity index is 2.26. The van der Waals surface area contributed by atoms with Gasteiger partial charge in [-0.25, -0.2) is 9.78 Å². The Morgan fingerprint density at radius 3 is 2.76 bits per heavy atom. The first-order valence-corrected chi connectivity index (χ1v) is 7.54. The highest BCUT2D eigenvalue weighted by molar-refractivity contribution is 5.74. The average molecular weight is 293 g/mol. The summed E-state index contributed by atoms with van der Waals surface area (Å²) in [5.74, 6) is 1.27. The van der Waals surface area contributed by atoms with Crippen LogP contribution in [0.1, 0.15) is 45.6 Å². The maximum atomic E-state index is 11.8. The van der Waals surface area contributed by atoms with Gasteiger partial charge in [0.25, 0.3) is 0 Å². The molecule has 0 fully saturated rings. The van der Waals surface area contributed by atoms with Gasteiger partial charge in [0.1, 0.15) is 0 Å². The van der Waals surface area contributed by atoms with Crippen LogP contribution in [-0.4, -0.2) is 24.2 Å². The number of carbonyl (C=O) groups excluding carboxylic acids is 1. The Kier molecular flexibility index (Phi) is 7.58. The molecule has 0 aliphatic rings. The SMILES string of the molecule is COc1cc(CNC(=O)NC(C)CCCC(C)C)ccn1. The van der Waals surface area contributed by atoms with E-state index in [0.717, 1.165) is 18.4 Å². The topological polar surface area (TPSA) is 63.2 Å². The van der Waals surface area contributed by atoms with Crippen molar-refractivity contribution in [3.63, 3.8) is 0 Å². The van der Waals surface area contributed by atoms with Gasteiger partial charge in [-0.05, 0) is 30.9 Å². The Morgan fingerprint density at radius 2 is 2.10 bits per heavy atom. The minimum atomic E-state index is -0.136. The standard InChI is InChI=1S/C16H27N3O2/c1-12(2)6-5-7-13(3)19-16(20)18-11-14-8-9-17-15(10-14)21-4/h8-10,12-13H,5-7,11H2,1-4H3,(H2,18,19,20). The van der Waals surface area contributed by atoms with Crippen molar-refractivity contribution >= 4 is 6.03 Å². The van der Waals surface area contributed by atoms with Crippen LogP contribution in [0.4, 0.5) is 4.79 Å². The van der Waals surface area contributed by atoms with Gasteiger partial charge in [0.05, 0.1) is 7.11 Å². The number of pyridine rings is 1. The molecule has 1 atom stereocenters. The summed E-state index contributed by atoms with van der Waals surface area (Å²) in [5, 5.41) is 5.80. The van der Waals surface area contributed by atoms with Crippen molar-refractivity contribution in [2.24, 2.45) is 5.92 Å². The van der Waals surface area contributed by atoms with Crippen LogP contribution < -0.4 is 15.4 Å². The molecule has 2 amide bonds. The fraction of sp³-hybridized carbons (Fsp3) is 0.625. The minimum absolute atomic E-state index is 0.136. The number of carbonyl (C=O) groups is 1. The van der Waals surface area contributed by atoms with Gasteiger partial charge >= 0.3 is 6.03 Å². The van der Waals surface area contributed by atoms with Gasteiger partial charge in [-0.3, -0.25) is 0 Å². The Bertz CT molecular complexity index is 435. The molecule has 0 saturated carbocycles. The van der Waals surface area contributed by atoms with E-state index >= 15 is 0 Å². The van der Waals surface area contributed by atoms with Crippen LogP contribution in [0.3, 0.4) is 0 Å². The van der Waals surface area contributed by atoms with E-state index < -0.39 is 0 Å². The summed E-state index contributed by atoms with van der Waals surface area (Å²) in [4.78, 5) is 15.8. The normalized spacial score (nSPS) is 12.0. The van der Waals surface area contributed by atoms with E-state index in [2.05, 4.69) is 29.5 Å². The number of rotatable bonds is 8. The van der Waals surface area contributed by atoms with Crippen LogP contribution in [-0.2, 0) is 6.54 Å². The fourth-order valence-corrected chi connectivity index (χ4v) is 2.03. The van der Waals surface area contributed by atoms with Crippen LogP contribution in [0.2, 0.25) is 0 Å². The van der Waals surface area contributed by atoms with Crippen LogP contribution in [0.15, 0.2) is 18.3 Å². The Hall–Kier alpha value is -1.78. The zero-order valence-corrected chi connectivity index (χ0v) is 13.5. The number of amides is 2. The second-order valence-electron chi connectivity index (χ2n) is 5.76. The molecule has 0 aliphatic carbocycles. The van der Waals surface area contributed by atoms with E-state index in [-0.39, 0.29) is 12.1 Å². The molecule has 0 aliphatic heterocycles. The number of nitrogens with zero attached hydrogens (tertiary/aromatic N) is 1. The van der Waals surface area contributed by atoms with Gasteiger partial charge in [-0.1, -0.05) is 26.7 Å². The molecule has 5 nitrogen and oxygen atoms in total. The number of nitrogens with one attached hydrogen (secondary N) is 2. The molecule has 0 saturated heterocycles. The van der Waals surface area contributed by atoms with Gasteiger partial charge < -0.3 is 15.4 Å². The number of hydrogen-bond donors (Lipinski definition) is 2. The first-order valence-electron chi connectivity index (χ1n) is 7.54. The first-order chi connectivity index (χ1) is 10.0. The molecule has 1 rings (SSSR count). The number of methoxy groups -OCH3 is 1. The van der Waals surface area contributed by atoms with Crippen molar-refractivity contribution in [3.05, 3.63) is 23.9 Å². The summed E-state index contributed by atoms with van der Waals surface area (Å²) in [7, 11) is 1.57. The molecule has 1 aromatic rings. The second-order valence-corrected chi connectivity index (χ2v) is 5.76. The number of hydrogen-bond acceptors (Lipinski definition) is 3. The van der Waals surface area contributed by atoms with Crippen molar-refractivity contribution in [2.45, 2.75) is 52.6 Å². The summed E-state index contributed by atoms with van der Waals surface area (Å²) in [6, 6.07) is 3.72. The highest BCUT2D eigenvalue weighted by Crippen LogP contribution is 2.09. The Labute approximate surface area is 127 Å². The third-order valence-electron chi connectivity index (χ3n) is 3.26. The van der Waals surface area contributed by atoms with Gasteiger partial charge in [0.2, 0.25) is 5.88 Å². The van der Waals surface area contributed by atoms with Gasteiger partial charge in [0.15, 0.2) is 0 Å². The number of urea groups is 1. The zero-order chi connectivity index (χ0) is 15.7. The van der Waals surface area contributed by atoms with Crippen molar-refractivity contribution < 1.29 is 9.53 Å². The molecule has 0 aromatic carbocycles. The lowest BCUT2D eigenvalue weighted by Crippen LogP contribution is -2.40. The van der Waals surface area contributed by atoms with Crippen molar-refractivity contribution in [1.82, 2.24) is 15.6 Å². The third kappa shape index (κ3) is 7.54. The van der Waals surface area contributed by atoms with E-state index in [1.165, 1.54) is 6.42 Å². The third-order valence-corrected chi connectivity index (χ3v) is 3.26. The van der Waals surface area contributed by atoms with E-state index in [9.17, 15) is 4.79 Å². The maximum absolute atomic E-state index is 11.8. The summed E-state index contributed by atoms with van der Waals surface area (Å²) >= 11 is 0. The van der Waals surface area contributed by atoms with Gasteiger partial charge in [0, 0.05) is 24.8 Å². The minimum Gasteiger partial charge on any atom is -0.481 e. The number of ether oxygens (including phenoxy) is 1. The molecular weight excluding hydrogens is 266 g/mol. The summed E-state index contributed by atoms with van der Waals surface area (Å²) in [6.45, 7) is 6.93. The quantitative estimate of drug-likeness (QED) is 0.774. The van der Waals surface area contributed by atoms with Crippen molar-refractivity contribution in [2.75, 3.05) is 7.11 Å². The average Bonchev–Trinajstić information content (AvgIpc) is 2.45. The largest absolute Gasteiger partial charge is 0.481 e. The molecule has 1 heterocycles. The monoisotopic (exact) mass is 293 g/mol. The molecule has 5 heteroatoms. The van der Waals surface area contributed by atoms with E-state index in [4.69, 9.17) is 4.74 Å². The van der Waals surface area contributed by atoms with E-state index in [0.29, 0.717) is 18.3 Å². The predicted octanol–water partition coefficient (Wildman–Crippen LogP) is 3.10. The zero-order valence-electron chi connectivity index (χ0n) is 13.5. The maximum Gasteiger partial charge on any atom is 0.315 e. The molecule has 0 bridgehead atoms. The van der Waals surface area contributed by atoms with Crippen molar-refractivity contribution in [1.29, 1.82) is 0 Å². The smallest absolute Gasteiger partial charge is 0.315 e. The molecule has 118 valence electrons. The lowest BCUT2D eigenvalue weighted by molar-refractivity contribution is 0.236. The van der Waals surface area contributed by atoms with Crippen LogP contribution in [0.25, 0.3) is 0 Å². The van der Waals surface area contributed by atoms with E-state index in [1.54, 1.807) is 13.3 Å². The van der Waals surface area contributed by atoms with Gasteiger partial charge in [-0.2, -0.15) is 0 Å². The van der Waals surface area contributed by atoms with Crippen LogP contribution in [0.5, 0.6) is 5.88 Å². The summed E-state index contributed by atoms with van der Waals surface area (Å²) in [5.41, 5.74) is 0.962. The molecular formula is C16H27N3O2. The fourth-order valence-electron chi connectivity index (χ4n) is 2.03. The van der Waals surface area contributed by atoms with Crippen molar-refractivity contribution in [3.8, 4) is 5.88 Å². The molecule has 1 unspecified atom stereocenters. The first kappa shape index (κ1) is 17.3. The molecule has 21 heavy (non-hydrogen) atoms. The van der Waals surface area contributed by atoms with E-state index in [1.807, 2.05) is 19.1 Å². The molecule has 2 N–H and O–H groups in total. The number of aromatic nitrogens is 1. The van der Waals surface area contributed by atoms with Crippen LogP contribution >= 0.6 is 0 Å². The molecule has 1 aromatic heterocycles. The highest BCUT2D eigenvalue weighted by Gasteiger charge is 2.07. The summed E-state index contributed by atoms with van der Waals surface area (Å²) in [6.07, 6.45) is 5.02. The van der Waals surface area contributed by atoms with Crippen LogP contribution in [0, 0.1) is 5.92 Å². The molecule has 0 spiro atoms.